The van der Waals surface area contributed by atoms with Gasteiger partial charge in [-0.3, -0.25) is 9.89 Å². The molecule has 24 heavy (non-hydrogen) atoms. The molecule has 1 fully saturated rings. The Kier molecular flexibility index (Phi) is 5.08. The molecule has 3 rings (SSSR count). The maximum absolute atomic E-state index is 12.4. The van der Waals surface area contributed by atoms with Gasteiger partial charge in [-0.2, -0.15) is 5.10 Å². The fourth-order valence-electron chi connectivity index (χ4n) is 3.01. The van der Waals surface area contributed by atoms with E-state index in [1.54, 1.807) is 18.5 Å². The van der Waals surface area contributed by atoms with Gasteiger partial charge in [0.1, 0.15) is 5.69 Å². The molecule has 1 atom stereocenters. The van der Waals surface area contributed by atoms with Gasteiger partial charge in [-0.25, -0.2) is 9.97 Å². The minimum absolute atomic E-state index is 0.0836. The van der Waals surface area contributed by atoms with E-state index in [4.69, 9.17) is 0 Å². The van der Waals surface area contributed by atoms with Gasteiger partial charge < -0.3 is 10.2 Å². The molecule has 2 N–H and O–H groups in total. The van der Waals surface area contributed by atoms with Crippen molar-refractivity contribution in [2.75, 3.05) is 18.0 Å². The van der Waals surface area contributed by atoms with Gasteiger partial charge in [0.2, 0.25) is 5.95 Å². The first-order valence-electron chi connectivity index (χ1n) is 8.49. The smallest absolute Gasteiger partial charge is 0.272 e. The minimum Gasteiger partial charge on any atom is -0.346 e. The molecule has 0 radical (unpaired) electrons. The molecule has 0 saturated carbocycles. The summed E-state index contributed by atoms with van der Waals surface area (Å²) < 4.78 is 0. The fraction of sp³-hybridized carbons (Fsp3) is 0.529. The number of rotatable bonds is 5. The molecule has 1 aliphatic rings. The predicted octanol–water partition coefficient (Wildman–Crippen LogP) is 1.80. The number of aromatic nitrogens is 4. The number of carbonyl (C=O) groups is 1. The van der Waals surface area contributed by atoms with Crippen LogP contribution in [-0.2, 0) is 6.42 Å². The van der Waals surface area contributed by atoms with E-state index >= 15 is 0 Å². The van der Waals surface area contributed by atoms with Gasteiger partial charge in [0.15, 0.2) is 0 Å². The Morgan fingerprint density at radius 3 is 2.96 bits per heavy atom. The van der Waals surface area contributed by atoms with E-state index < -0.39 is 0 Å². The average Bonchev–Trinajstić information content (AvgIpc) is 3.04. The zero-order chi connectivity index (χ0) is 16.9. The third kappa shape index (κ3) is 4.10. The third-order valence-electron chi connectivity index (χ3n) is 4.08. The van der Waals surface area contributed by atoms with Crippen LogP contribution in [-0.4, -0.2) is 45.2 Å². The molecule has 0 unspecified atom stereocenters. The van der Waals surface area contributed by atoms with E-state index in [-0.39, 0.29) is 11.9 Å². The van der Waals surface area contributed by atoms with E-state index in [2.05, 4.69) is 44.2 Å². The van der Waals surface area contributed by atoms with Crippen molar-refractivity contribution in [1.82, 2.24) is 25.5 Å². The molecule has 1 saturated heterocycles. The number of H-pyrrole nitrogens is 1. The van der Waals surface area contributed by atoms with E-state index in [0.717, 1.165) is 44.0 Å². The van der Waals surface area contributed by atoms with Crippen LogP contribution < -0.4 is 10.2 Å². The van der Waals surface area contributed by atoms with Gasteiger partial charge in [-0.1, -0.05) is 13.8 Å². The maximum Gasteiger partial charge on any atom is 0.272 e. The Labute approximate surface area is 141 Å². The number of nitrogens with zero attached hydrogens (tertiary/aromatic N) is 4. The van der Waals surface area contributed by atoms with Crippen LogP contribution in [0.2, 0.25) is 0 Å². The minimum atomic E-state index is -0.123. The van der Waals surface area contributed by atoms with Crippen molar-refractivity contribution in [3.8, 4) is 0 Å². The summed E-state index contributed by atoms with van der Waals surface area (Å²) in [4.78, 5) is 23.1. The summed E-state index contributed by atoms with van der Waals surface area (Å²) in [5.41, 5.74) is 1.46. The Hall–Kier alpha value is -2.44. The zero-order valence-electron chi connectivity index (χ0n) is 14.2. The SMILES string of the molecule is CC(C)Cc1cc(C(=O)N[C@@H]2CCCN(c3ncccn3)C2)n[nH]1. The van der Waals surface area contributed by atoms with E-state index in [9.17, 15) is 4.79 Å². The van der Waals surface area contributed by atoms with E-state index in [1.165, 1.54) is 0 Å². The van der Waals surface area contributed by atoms with Crippen molar-refractivity contribution in [1.29, 1.82) is 0 Å². The van der Waals surface area contributed by atoms with Crippen molar-refractivity contribution >= 4 is 11.9 Å². The van der Waals surface area contributed by atoms with Crippen LogP contribution >= 0.6 is 0 Å². The van der Waals surface area contributed by atoms with Crippen molar-refractivity contribution < 1.29 is 4.79 Å². The van der Waals surface area contributed by atoms with E-state index in [0.29, 0.717) is 11.6 Å². The second-order valence-corrected chi connectivity index (χ2v) is 6.68. The normalized spacial score (nSPS) is 18.0. The maximum atomic E-state index is 12.4. The summed E-state index contributed by atoms with van der Waals surface area (Å²) in [6, 6.07) is 3.73. The fourth-order valence-corrected chi connectivity index (χ4v) is 3.01. The topological polar surface area (TPSA) is 86.8 Å². The average molecular weight is 328 g/mol. The van der Waals surface area contributed by atoms with Crippen molar-refractivity contribution in [2.45, 2.75) is 39.2 Å². The summed E-state index contributed by atoms with van der Waals surface area (Å²) in [6.45, 7) is 5.92. The van der Waals surface area contributed by atoms with Gasteiger partial charge in [-0.15, -0.1) is 0 Å². The molecular weight excluding hydrogens is 304 g/mol. The van der Waals surface area contributed by atoms with Crippen molar-refractivity contribution in [3.05, 3.63) is 35.9 Å². The van der Waals surface area contributed by atoms with Crippen molar-refractivity contribution in [3.63, 3.8) is 0 Å². The van der Waals surface area contributed by atoms with Crippen LogP contribution in [0.1, 0.15) is 42.9 Å². The molecule has 3 heterocycles. The monoisotopic (exact) mass is 328 g/mol. The number of piperidine rings is 1. The highest BCUT2D eigenvalue weighted by atomic mass is 16.2. The summed E-state index contributed by atoms with van der Waals surface area (Å²) in [5.74, 6) is 1.12. The molecule has 1 aliphatic heterocycles. The van der Waals surface area contributed by atoms with E-state index in [1.807, 2.05) is 6.07 Å². The third-order valence-corrected chi connectivity index (χ3v) is 4.08. The lowest BCUT2D eigenvalue weighted by Gasteiger charge is -2.32. The van der Waals surface area contributed by atoms with Gasteiger partial charge in [0, 0.05) is 37.2 Å². The quantitative estimate of drug-likeness (QED) is 0.874. The molecule has 7 heteroatoms. The van der Waals surface area contributed by atoms with Gasteiger partial charge >= 0.3 is 0 Å². The number of amides is 1. The van der Waals surface area contributed by atoms with Crippen LogP contribution in [0.25, 0.3) is 0 Å². The molecular formula is C17H24N6O. The molecule has 128 valence electrons. The van der Waals surface area contributed by atoms with Gasteiger partial charge in [-0.05, 0) is 37.3 Å². The highest BCUT2D eigenvalue weighted by molar-refractivity contribution is 5.92. The first-order valence-corrected chi connectivity index (χ1v) is 8.49. The van der Waals surface area contributed by atoms with Gasteiger partial charge in [0.05, 0.1) is 0 Å². The molecule has 0 spiro atoms. The summed E-state index contributed by atoms with van der Waals surface area (Å²) >= 11 is 0. The van der Waals surface area contributed by atoms with Gasteiger partial charge in [0.25, 0.3) is 5.91 Å². The molecule has 0 bridgehead atoms. The largest absolute Gasteiger partial charge is 0.346 e. The van der Waals surface area contributed by atoms with Crippen LogP contribution in [0.5, 0.6) is 0 Å². The number of aromatic amines is 1. The number of anilines is 1. The van der Waals surface area contributed by atoms with Crippen LogP contribution in [0.4, 0.5) is 5.95 Å². The summed E-state index contributed by atoms with van der Waals surface area (Å²) in [7, 11) is 0. The number of hydrogen-bond donors (Lipinski definition) is 2. The number of hydrogen-bond acceptors (Lipinski definition) is 5. The first-order chi connectivity index (χ1) is 11.6. The summed E-state index contributed by atoms with van der Waals surface area (Å²) in [5, 5.41) is 10.2. The standard InChI is InChI=1S/C17H24N6O/c1-12(2)9-14-10-15(22-21-14)16(24)20-13-5-3-8-23(11-13)17-18-6-4-7-19-17/h4,6-7,10,12-13H,3,5,8-9,11H2,1-2H3,(H,20,24)(H,21,22)/t13-/m1/s1. The molecule has 0 aromatic carbocycles. The highest BCUT2D eigenvalue weighted by Crippen LogP contribution is 2.16. The zero-order valence-corrected chi connectivity index (χ0v) is 14.2. The second-order valence-electron chi connectivity index (χ2n) is 6.68. The van der Waals surface area contributed by atoms with Crippen molar-refractivity contribution in [2.24, 2.45) is 5.92 Å². The lowest BCUT2D eigenvalue weighted by molar-refractivity contribution is 0.0928. The lowest BCUT2D eigenvalue weighted by atomic mass is 10.1. The Balaban J connectivity index is 1.59. The summed E-state index contributed by atoms with van der Waals surface area (Å²) in [6.07, 6.45) is 6.33. The molecule has 2 aromatic rings. The number of nitrogens with one attached hydrogen (secondary N) is 2. The van der Waals surface area contributed by atoms with Crippen LogP contribution in [0.15, 0.2) is 24.5 Å². The molecule has 1 amide bonds. The first kappa shape index (κ1) is 16.4. The molecule has 0 aliphatic carbocycles. The molecule has 2 aromatic heterocycles. The lowest BCUT2D eigenvalue weighted by Crippen LogP contribution is -2.48. The highest BCUT2D eigenvalue weighted by Gasteiger charge is 2.24. The second kappa shape index (κ2) is 7.42. The molecule has 7 nitrogen and oxygen atoms in total. The Morgan fingerprint density at radius 1 is 1.42 bits per heavy atom. The Bertz CT molecular complexity index is 669. The number of carbonyl (C=O) groups excluding carboxylic acids is 1. The van der Waals surface area contributed by atoms with Crippen LogP contribution in [0, 0.1) is 5.92 Å². The Morgan fingerprint density at radius 2 is 2.21 bits per heavy atom. The predicted molar refractivity (Wildman–Crippen MR) is 91.9 cm³/mol. The van der Waals surface area contributed by atoms with Crippen LogP contribution in [0.3, 0.4) is 0 Å².